The second kappa shape index (κ2) is 4.23. The fourth-order valence-corrected chi connectivity index (χ4v) is 1.16. The van der Waals surface area contributed by atoms with E-state index in [-0.39, 0.29) is 5.41 Å². The third-order valence-electron chi connectivity index (χ3n) is 2.05. The van der Waals surface area contributed by atoms with Crippen molar-refractivity contribution in [2.24, 2.45) is 5.11 Å². The highest BCUT2D eigenvalue weighted by Crippen LogP contribution is 2.22. The molecule has 0 bridgehead atoms. The molecule has 0 fully saturated rings. The Hall–Kier alpha value is -1.68. The monoisotopic (exact) mass is 208 g/mol. The Balaban J connectivity index is 2.82. The minimum absolute atomic E-state index is 0.0160. The number of nitrogens with zero attached hydrogens (tertiary/aromatic N) is 5. The van der Waals surface area contributed by atoms with Crippen LogP contribution in [0.25, 0.3) is 10.4 Å². The normalized spacial score (nSPS) is 11.1. The minimum Gasteiger partial charge on any atom is -0.384 e. The first kappa shape index (κ1) is 11.4. The van der Waals surface area contributed by atoms with Crippen LogP contribution in [0.4, 0.5) is 5.82 Å². The molecule has 0 atom stereocenters. The topological polar surface area (TPSA) is 92.6 Å². The van der Waals surface area contributed by atoms with Gasteiger partial charge in [0, 0.05) is 29.5 Å². The Labute approximate surface area is 88.7 Å². The number of hydrogen-bond donors (Lipinski definition) is 1. The van der Waals surface area contributed by atoms with E-state index in [0.29, 0.717) is 18.9 Å². The molecule has 1 rings (SSSR count). The molecule has 0 aliphatic carbocycles. The highest BCUT2D eigenvalue weighted by atomic mass is 15.3. The van der Waals surface area contributed by atoms with Crippen molar-refractivity contribution in [2.75, 3.05) is 12.3 Å². The fraction of sp³-hybridized carbons (Fsp3) is 0.667. The molecule has 0 spiro atoms. The zero-order valence-electron chi connectivity index (χ0n) is 9.30. The van der Waals surface area contributed by atoms with Crippen LogP contribution >= 0.6 is 0 Å². The highest BCUT2D eigenvalue weighted by molar-refractivity contribution is 5.33. The molecular weight excluding hydrogens is 192 g/mol. The maximum Gasteiger partial charge on any atom is 0.121 e. The van der Waals surface area contributed by atoms with Gasteiger partial charge in [-0.1, -0.05) is 25.9 Å². The molecule has 0 saturated carbocycles. The number of anilines is 1. The molecule has 0 aliphatic rings. The van der Waals surface area contributed by atoms with Gasteiger partial charge in [-0.3, -0.25) is 0 Å². The van der Waals surface area contributed by atoms with Crippen molar-refractivity contribution in [3.63, 3.8) is 0 Å². The Morgan fingerprint density at radius 3 is 2.73 bits per heavy atom. The maximum atomic E-state index is 8.15. The molecule has 1 aromatic rings. The molecule has 6 heteroatoms. The summed E-state index contributed by atoms with van der Waals surface area (Å²) in [4.78, 5) is 2.68. The van der Waals surface area contributed by atoms with E-state index < -0.39 is 0 Å². The summed E-state index contributed by atoms with van der Waals surface area (Å²) in [6.45, 7) is 7.11. The van der Waals surface area contributed by atoms with Gasteiger partial charge in [0.05, 0.1) is 5.69 Å². The summed E-state index contributed by atoms with van der Waals surface area (Å²) in [7, 11) is 0. The lowest BCUT2D eigenvalue weighted by atomic mass is 9.92. The van der Waals surface area contributed by atoms with Crippen molar-refractivity contribution < 1.29 is 0 Å². The van der Waals surface area contributed by atoms with Crippen LogP contribution in [0.3, 0.4) is 0 Å². The second-order valence-electron chi connectivity index (χ2n) is 4.38. The van der Waals surface area contributed by atoms with E-state index in [4.69, 9.17) is 11.3 Å². The van der Waals surface area contributed by atoms with E-state index in [0.717, 1.165) is 5.69 Å². The van der Waals surface area contributed by atoms with Crippen molar-refractivity contribution in [1.29, 1.82) is 0 Å². The van der Waals surface area contributed by atoms with E-state index in [9.17, 15) is 0 Å². The molecule has 2 N–H and O–H groups in total. The molecule has 6 nitrogen and oxygen atoms in total. The number of aromatic nitrogens is 2. The Kier molecular flexibility index (Phi) is 3.21. The number of nitrogens with two attached hydrogens (primary N) is 1. The molecular formula is C9H16N6. The van der Waals surface area contributed by atoms with Gasteiger partial charge in [0.25, 0.3) is 0 Å². The lowest BCUT2D eigenvalue weighted by Crippen LogP contribution is -2.13. The zero-order chi connectivity index (χ0) is 11.5. The van der Waals surface area contributed by atoms with Crippen molar-refractivity contribution in [3.05, 3.63) is 22.2 Å². The summed E-state index contributed by atoms with van der Waals surface area (Å²) in [6, 6.07) is 1.86. The van der Waals surface area contributed by atoms with Gasteiger partial charge in [-0.25, -0.2) is 4.68 Å². The molecule has 1 heterocycles. The second-order valence-corrected chi connectivity index (χ2v) is 4.38. The van der Waals surface area contributed by atoms with Crippen molar-refractivity contribution in [1.82, 2.24) is 9.78 Å². The Bertz CT molecular complexity index is 380. The van der Waals surface area contributed by atoms with E-state index in [1.54, 1.807) is 4.68 Å². The molecule has 82 valence electrons. The summed E-state index contributed by atoms with van der Waals surface area (Å²) in [6.07, 6.45) is 0. The van der Waals surface area contributed by atoms with Crippen LogP contribution in [-0.4, -0.2) is 16.3 Å². The largest absolute Gasteiger partial charge is 0.384 e. The summed E-state index contributed by atoms with van der Waals surface area (Å²) in [5.74, 6) is 0.605. The van der Waals surface area contributed by atoms with Gasteiger partial charge in [0.2, 0.25) is 0 Å². The van der Waals surface area contributed by atoms with Crippen molar-refractivity contribution in [3.8, 4) is 0 Å². The third kappa shape index (κ3) is 2.89. The predicted molar refractivity (Wildman–Crippen MR) is 59.4 cm³/mol. The van der Waals surface area contributed by atoms with Crippen LogP contribution in [0.1, 0.15) is 26.5 Å². The van der Waals surface area contributed by atoms with E-state index in [2.05, 4.69) is 35.9 Å². The summed E-state index contributed by atoms with van der Waals surface area (Å²) in [5, 5.41) is 7.81. The molecule has 0 unspecified atom stereocenters. The molecule has 0 saturated heterocycles. The van der Waals surface area contributed by atoms with E-state index in [1.807, 2.05) is 6.07 Å². The van der Waals surface area contributed by atoms with Gasteiger partial charge in [-0.15, -0.1) is 0 Å². The zero-order valence-corrected chi connectivity index (χ0v) is 9.30. The van der Waals surface area contributed by atoms with Gasteiger partial charge in [0.15, 0.2) is 0 Å². The summed E-state index contributed by atoms with van der Waals surface area (Å²) in [5.41, 5.74) is 14.9. The lowest BCUT2D eigenvalue weighted by Gasteiger charge is -2.13. The first-order chi connectivity index (χ1) is 6.95. The van der Waals surface area contributed by atoms with Gasteiger partial charge in [-0.2, -0.15) is 5.10 Å². The van der Waals surface area contributed by atoms with Crippen LogP contribution in [0, 0.1) is 0 Å². The molecule has 0 amide bonds. The standard InChI is InChI=1S/C9H16N6/c1-9(2,3)7-6-8(10)15(13-7)5-4-12-14-11/h6H,4-5,10H2,1-3H3. The quantitative estimate of drug-likeness (QED) is 0.467. The SMILES string of the molecule is CC(C)(C)c1cc(N)n(CCN=[N+]=[N-])n1. The Morgan fingerprint density at radius 2 is 2.27 bits per heavy atom. The van der Waals surface area contributed by atoms with Gasteiger partial charge >= 0.3 is 0 Å². The summed E-state index contributed by atoms with van der Waals surface area (Å²) >= 11 is 0. The van der Waals surface area contributed by atoms with Gasteiger partial charge in [0.1, 0.15) is 5.82 Å². The summed E-state index contributed by atoms with van der Waals surface area (Å²) < 4.78 is 1.66. The molecule has 0 radical (unpaired) electrons. The van der Waals surface area contributed by atoms with Crippen LogP contribution in [0.15, 0.2) is 11.2 Å². The minimum atomic E-state index is -0.0160. The Morgan fingerprint density at radius 1 is 1.60 bits per heavy atom. The fourth-order valence-electron chi connectivity index (χ4n) is 1.16. The number of rotatable bonds is 3. The van der Waals surface area contributed by atoms with Crippen molar-refractivity contribution >= 4 is 5.82 Å². The van der Waals surface area contributed by atoms with Crippen LogP contribution in [-0.2, 0) is 12.0 Å². The average molecular weight is 208 g/mol. The predicted octanol–water partition coefficient (Wildman–Crippen LogP) is 2.07. The van der Waals surface area contributed by atoms with Crippen LogP contribution < -0.4 is 5.73 Å². The van der Waals surface area contributed by atoms with Crippen LogP contribution in [0.5, 0.6) is 0 Å². The maximum absolute atomic E-state index is 8.15. The molecule has 1 aromatic heterocycles. The average Bonchev–Trinajstić information content (AvgIpc) is 2.48. The lowest BCUT2D eigenvalue weighted by molar-refractivity contribution is 0.536. The first-order valence-electron chi connectivity index (χ1n) is 4.80. The van der Waals surface area contributed by atoms with E-state index in [1.165, 1.54) is 0 Å². The first-order valence-corrected chi connectivity index (χ1v) is 4.80. The van der Waals surface area contributed by atoms with E-state index >= 15 is 0 Å². The van der Waals surface area contributed by atoms with Gasteiger partial charge in [-0.05, 0) is 5.53 Å². The molecule has 0 aromatic carbocycles. The highest BCUT2D eigenvalue weighted by Gasteiger charge is 2.18. The molecule has 15 heavy (non-hydrogen) atoms. The van der Waals surface area contributed by atoms with Crippen LogP contribution in [0.2, 0.25) is 0 Å². The van der Waals surface area contributed by atoms with Gasteiger partial charge < -0.3 is 5.73 Å². The smallest absolute Gasteiger partial charge is 0.121 e. The number of nitrogen functional groups attached to an aromatic ring is 1. The number of azide groups is 1. The van der Waals surface area contributed by atoms with Crippen molar-refractivity contribution in [2.45, 2.75) is 32.7 Å². The third-order valence-corrected chi connectivity index (χ3v) is 2.05. The number of hydrogen-bond acceptors (Lipinski definition) is 3. The molecule has 0 aliphatic heterocycles.